The van der Waals surface area contributed by atoms with E-state index in [-0.39, 0.29) is 0 Å². The van der Waals surface area contributed by atoms with E-state index in [1.54, 1.807) is 6.92 Å². The molecule has 0 heterocycles. The van der Waals surface area contributed by atoms with Gasteiger partial charge in [-0.1, -0.05) is 20.3 Å². The largest absolute Gasteiger partial charge is 0.480 e. The van der Waals surface area contributed by atoms with Gasteiger partial charge in [-0.3, -0.25) is 9.59 Å². The number of carboxylic acid groups (broad SMARTS) is 2. The summed E-state index contributed by atoms with van der Waals surface area (Å²) >= 11 is 0. The maximum Gasteiger partial charge on any atom is 0.320 e. The van der Waals surface area contributed by atoms with E-state index in [0.717, 1.165) is 6.42 Å². The molecule has 0 rings (SSSR count). The van der Waals surface area contributed by atoms with Gasteiger partial charge in [0.05, 0.1) is 0 Å². The number of carboxylic acids is 2. The second-order valence-corrected chi connectivity index (χ2v) is 3.09. The van der Waals surface area contributed by atoms with Crippen molar-refractivity contribution in [2.45, 2.75) is 45.2 Å². The Bertz CT molecular complexity index is 197. The molecule has 0 aromatic rings. The van der Waals surface area contributed by atoms with Crippen LogP contribution in [0.1, 0.15) is 33.1 Å². The van der Waals surface area contributed by atoms with E-state index in [1.807, 2.05) is 6.92 Å². The molecule has 0 saturated carbocycles. The molecule has 1 unspecified atom stereocenters. The lowest BCUT2D eigenvalue weighted by molar-refractivity contribution is -0.139. The molecule has 90 valence electrons. The van der Waals surface area contributed by atoms with Crippen molar-refractivity contribution < 1.29 is 19.8 Å². The molecule has 0 aliphatic rings. The van der Waals surface area contributed by atoms with Gasteiger partial charge in [0.1, 0.15) is 12.1 Å². The Hall–Kier alpha value is -1.14. The van der Waals surface area contributed by atoms with E-state index in [4.69, 9.17) is 21.7 Å². The molecule has 6 N–H and O–H groups in total. The Balaban J connectivity index is 0. The molecule has 0 aromatic heterocycles. The Morgan fingerprint density at radius 1 is 1.07 bits per heavy atom. The fraction of sp³-hybridized carbons (Fsp3) is 0.778. The Morgan fingerprint density at radius 3 is 1.53 bits per heavy atom. The highest BCUT2D eigenvalue weighted by Crippen LogP contribution is 1.91. The highest BCUT2D eigenvalue weighted by Gasteiger charge is 2.07. The summed E-state index contributed by atoms with van der Waals surface area (Å²) in [5, 5.41) is 16.2. The van der Waals surface area contributed by atoms with Crippen LogP contribution in [0.15, 0.2) is 0 Å². The fourth-order valence-corrected chi connectivity index (χ4v) is 0.609. The Morgan fingerprint density at radius 2 is 1.47 bits per heavy atom. The first-order chi connectivity index (χ1) is 6.86. The van der Waals surface area contributed by atoms with Crippen LogP contribution < -0.4 is 11.5 Å². The molecule has 15 heavy (non-hydrogen) atoms. The fourth-order valence-electron chi connectivity index (χ4n) is 0.609. The van der Waals surface area contributed by atoms with Crippen molar-refractivity contribution in [3.8, 4) is 0 Å². The normalized spacial score (nSPS) is 13.3. The van der Waals surface area contributed by atoms with Crippen LogP contribution in [-0.2, 0) is 9.59 Å². The molecule has 0 amide bonds. The third kappa shape index (κ3) is 10.8. The SMILES string of the molecule is CCC(N)C(=O)O.CCC[C@H](N)C(=O)O. The molecule has 6 heteroatoms. The van der Waals surface area contributed by atoms with Crippen LogP contribution in [0.4, 0.5) is 0 Å². The summed E-state index contributed by atoms with van der Waals surface area (Å²) in [7, 11) is 0. The number of aliphatic carboxylic acids is 2. The lowest BCUT2D eigenvalue weighted by atomic mass is 10.2. The molecule has 0 radical (unpaired) electrons. The van der Waals surface area contributed by atoms with Crippen molar-refractivity contribution >= 4 is 11.9 Å². The average Bonchev–Trinajstić information content (AvgIpc) is 2.17. The minimum absolute atomic E-state index is 0.495. The Labute approximate surface area is 89.3 Å². The van der Waals surface area contributed by atoms with E-state index < -0.39 is 24.0 Å². The van der Waals surface area contributed by atoms with E-state index in [9.17, 15) is 9.59 Å². The van der Waals surface area contributed by atoms with Gasteiger partial charge in [-0.15, -0.1) is 0 Å². The zero-order valence-corrected chi connectivity index (χ0v) is 9.14. The summed E-state index contributed by atoms with van der Waals surface area (Å²) in [5.74, 6) is -1.84. The molecule has 0 saturated heterocycles. The third-order valence-corrected chi connectivity index (χ3v) is 1.67. The molecule has 0 aromatic carbocycles. The van der Waals surface area contributed by atoms with Gasteiger partial charge in [0, 0.05) is 0 Å². The zero-order valence-electron chi connectivity index (χ0n) is 9.14. The standard InChI is InChI=1S/C5H11NO2.C4H9NO2/c1-2-3-4(6)5(7)8;1-2-3(5)4(6)7/h4H,2-3,6H2,1H3,(H,7,8);3H,2,5H2,1H3,(H,6,7)/t4-;/m0./s1. The molecular formula is C9H20N2O4. The van der Waals surface area contributed by atoms with Crippen LogP contribution in [0, 0.1) is 0 Å². The summed E-state index contributed by atoms with van der Waals surface area (Å²) in [6.07, 6.45) is 1.89. The number of nitrogens with two attached hydrogens (primary N) is 2. The van der Waals surface area contributed by atoms with Crippen LogP contribution >= 0.6 is 0 Å². The summed E-state index contributed by atoms with van der Waals surface area (Å²) in [6.45, 7) is 3.64. The summed E-state index contributed by atoms with van der Waals surface area (Å²) < 4.78 is 0. The lowest BCUT2D eigenvalue weighted by Crippen LogP contribution is -2.29. The van der Waals surface area contributed by atoms with Gasteiger partial charge >= 0.3 is 11.9 Å². The van der Waals surface area contributed by atoms with Gasteiger partial charge < -0.3 is 21.7 Å². The van der Waals surface area contributed by atoms with Crippen molar-refractivity contribution in [2.75, 3.05) is 0 Å². The molecule has 2 atom stereocenters. The molecule has 6 nitrogen and oxygen atoms in total. The molecular weight excluding hydrogens is 200 g/mol. The van der Waals surface area contributed by atoms with E-state index >= 15 is 0 Å². The van der Waals surface area contributed by atoms with E-state index in [0.29, 0.717) is 12.8 Å². The predicted octanol–water partition coefficient (Wildman–Crippen LogP) is 0.00670. The first-order valence-electron chi connectivity index (χ1n) is 4.83. The molecule has 0 aliphatic carbocycles. The van der Waals surface area contributed by atoms with Crippen LogP contribution in [0.5, 0.6) is 0 Å². The second kappa shape index (κ2) is 9.42. The molecule has 0 spiro atoms. The van der Waals surface area contributed by atoms with E-state index in [2.05, 4.69) is 0 Å². The monoisotopic (exact) mass is 220 g/mol. The van der Waals surface area contributed by atoms with Crippen LogP contribution in [-0.4, -0.2) is 34.2 Å². The van der Waals surface area contributed by atoms with Gasteiger partial charge in [0.15, 0.2) is 0 Å². The third-order valence-electron chi connectivity index (χ3n) is 1.67. The summed E-state index contributed by atoms with van der Waals surface area (Å²) in [4.78, 5) is 19.8. The topological polar surface area (TPSA) is 127 Å². The summed E-state index contributed by atoms with van der Waals surface area (Å²) in [6, 6.07) is -1.35. The van der Waals surface area contributed by atoms with Gasteiger partial charge in [-0.25, -0.2) is 0 Å². The average molecular weight is 220 g/mol. The summed E-state index contributed by atoms with van der Waals surface area (Å²) in [5.41, 5.74) is 10.1. The van der Waals surface area contributed by atoms with Crippen LogP contribution in [0.3, 0.4) is 0 Å². The highest BCUT2D eigenvalue weighted by atomic mass is 16.4. The minimum atomic E-state index is -0.928. The van der Waals surface area contributed by atoms with Crippen molar-refractivity contribution in [1.82, 2.24) is 0 Å². The highest BCUT2D eigenvalue weighted by molar-refractivity contribution is 5.73. The van der Waals surface area contributed by atoms with Gasteiger partial charge in [-0.05, 0) is 12.8 Å². The number of rotatable bonds is 5. The predicted molar refractivity (Wildman–Crippen MR) is 56.4 cm³/mol. The lowest BCUT2D eigenvalue weighted by Gasteiger charge is -2.00. The first kappa shape index (κ1) is 16.3. The smallest absolute Gasteiger partial charge is 0.320 e. The molecule has 0 fully saturated rings. The van der Waals surface area contributed by atoms with Crippen molar-refractivity contribution in [3.63, 3.8) is 0 Å². The van der Waals surface area contributed by atoms with Crippen LogP contribution in [0.2, 0.25) is 0 Å². The maximum atomic E-state index is 9.96. The maximum absolute atomic E-state index is 9.96. The zero-order chi connectivity index (χ0) is 12.4. The van der Waals surface area contributed by atoms with Crippen molar-refractivity contribution in [2.24, 2.45) is 11.5 Å². The van der Waals surface area contributed by atoms with Crippen molar-refractivity contribution in [3.05, 3.63) is 0 Å². The van der Waals surface area contributed by atoms with Crippen molar-refractivity contribution in [1.29, 1.82) is 0 Å². The van der Waals surface area contributed by atoms with Crippen LogP contribution in [0.25, 0.3) is 0 Å². The van der Waals surface area contributed by atoms with E-state index in [1.165, 1.54) is 0 Å². The molecule has 0 aliphatic heterocycles. The first-order valence-corrected chi connectivity index (χ1v) is 4.83. The molecule has 0 bridgehead atoms. The Kier molecular flexibility index (Phi) is 10.2. The van der Waals surface area contributed by atoms with Gasteiger partial charge in [0.2, 0.25) is 0 Å². The van der Waals surface area contributed by atoms with Gasteiger partial charge in [0.25, 0.3) is 0 Å². The number of hydrogen-bond donors (Lipinski definition) is 4. The quantitative estimate of drug-likeness (QED) is 0.516. The van der Waals surface area contributed by atoms with Gasteiger partial charge in [-0.2, -0.15) is 0 Å². The number of carbonyl (C=O) groups is 2. The number of hydrogen-bond acceptors (Lipinski definition) is 4. The minimum Gasteiger partial charge on any atom is -0.480 e. The second-order valence-electron chi connectivity index (χ2n) is 3.09.